The fourth-order valence-electron chi connectivity index (χ4n) is 2.24. The summed E-state index contributed by atoms with van der Waals surface area (Å²) in [4.78, 5) is 24.7. The number of hydrogen-bond acceptors (Lipinski definition) is 6. The van der Waals surface area contributed by atoms with Crippen molar-refractivity contribution in [1.82, 2.24) is 5.32 Å². The number of nitrogens with zero attached hydrogens (tertiary/aromatic N) is 1. The fraction of sp³-hybridized carbons (Fsp3) is 0.467. The Bertz CT molecular complexity index is 664. The first-order chi connectivity index (χ1) is 11.6. The van der Waals surface area contributed by atoms with Crippen molar-refractivity contribution in [2.24, 2.45) is 0 Å². The van der Waals surface area contributed by atoms with E-state index >= 15 is 0 Å². The van der Waals surface area contributed by atoms with Crippen molar-refractivity contribution in [3.05, 3.63) is 24.0 Å². The average molecular weight is 354 g/mol. The van der Waals surface area contributed by atoms with Gasteiger partial charge in [0.05, 0.1) is 18.8 Å². The summed E-state index contributed by atoms with van der Waals surface area (Å²) < 4.78 is 24.0. The molecule has 3 N–H and O–H groups in total. The van der Waals surface area contributed by atoms with Gasteiger partial charge in [0.1, 0.15) is 17.5 Å². The molecule has 1 fully saturated rings. The molecule has 1 aromatic carbocycles. The maximum Gasteiger partial charge on any atom is 0.491 e. The Morgan fingerprint density at radius 1 is 1.48 bits per heavy atom. The van der Waals surface area contributed by atoms with Crippen LogP contribution in [0.25, 0.3) is 0 Å². The lowest BCUT2D eigenvalue weighted by Crippen LogP contribution is -2.38. The second-order valence-electron chi connectivity index (χ2n) is 6.58. The summed E-state index contributed by atoms with van der Waals surface area (Å²) >= 11 is 0. The van der Waals surface area contributed by atoms with Gasteiger partial charge in [0.2, 0.25) is 0 Å². The second-order valence-corrected chi connectivity index (χ2v) is 6.58. The summed E-state index contributed by atoms with van der Waals surface area (Å²) in [5.74, 6) is -0.851. The van der Waals surface area contributed by atoms with Gasteiger partial charge in [0, 0.05) is 5.46 Å². The van der Waals surface area contributed by atoms with E-state index in [4.69, 9.17) is 19.5 Å². The highest BCUT2D eigenvalue weighted by Gasteiger charge is 2.33. The molecule has 1 saturated heterocycles. The number of benzene rings is 1. The molecule has 0 aliphatic carbocycles. The largest absolute Gasteiger partial charge is 0.491 e. The van der Waals surface area contributed by atoms with Gasteiger partial charge in [-0.25, -0.2) is 14.0 Å². The van der Waals surface area contributed by atoms with Gasteiger partial charge in [-0.05, 0) is 32.9 Å². The number of hydrogen-bond donors (Lipinski definition) is 3. The summed E-state index contributed by atoms with van der Waals surface area (Å²) in [6.07, 6.45) is -1.94. The minimum atomic E-state index is -1.94. The van der Waals surface area contributed by atoms with Gasteiger partial charge in [-0.15, -0.1) is 0 Å². The summed E-state index contributed by atoms with van der Waals surface area (Å²) in [5.41, 5.74) is -0.718. The summed E-state index contributed by atoms with van der Waals surface area (Å²) in [6.45, 7) is 5.34. The topological polar surface area (TPSA) is 108 Å². The van der Waals surface area contributed by atoms with E-state index in [1.165, 1.54) is 17.0 Å². The first-order valence-corrected chi connectivity index (χ1v) is 7.67. The van der Waals surface area contributed by atoms with Crippen molar-refractivity contribution in [2.75, 3.05) is 18.0 Å². The number of rotatable bonds is 4. The van der Waals surface area contributed by atoms with Crippen LogP contribution in [0, 0.1) is 5.82 Å². The predicted octanol–water partition coefficient (Wildman–Crippen LogP) is 0.355. The number of halogens is 1. The molecule has 1 heterocycles. The van der Waals surface area contributed by atoms with Crippen LogP contribution in [0.15, 0.2) is 18.2 Å². The van der Waals surface area contributed by atoms with Crippen LogP contribution in [0.2, 0.25) is 0 Å². The van der Waals surface area contributed by atoms with E-state index in [0.29, 0.717) is 0 Å². The third-order valence-electron chi connectivity index (χ3n) is 3.32. The SMILES string of the molecule is CC(C)(C)OC(=O)NC[C@H]1CN(c2ccc(B(O)O)c(F)c2)C(=O)O1. The Kier molecular flexibility index (Phi) is 5.53. The Morgan fingerprint density at radius 2 is 2.16 bits per heavy atom. The molecule has 1 aliphatic heterocycles. The minimum absolute atomic E-state index is 0.0487. The minimum Gasteiger partial charge on any atom is -0.444 e. The van der Waals surface area contributed by atoms with Crippen molar-refractivity contribution in [3.63, 3.8) is 0 Å². The maximum atomic E-state index is 13.8. The van der Waals surface area contributed by atoms with Crippen LogP contribution >= 0.6 is 0 Å². The molecule has 136 valence electrons. The molecule has 2 rings (SSSR count). The van der Waals surface area contributed by atoms with Gasteiger partial charge >= 0.3 is 19.3 Å². The van der Waals surface area contributed by atoms with Crippen LogP contribution in [-0.4, -0.2) is 54.1 Å². The van der Waals surface area contributed by atoms with Gasteiger partial charge < -0.3 is 24.8 Å². The molecule has 1 aromatic rings. The van der Waals surface area contributed by atoms with Crippen LogP contribution in [0.5, 0.6) is 0 Å². The lowest BCUT2D eigenvalue weighted by molar-refractivity contribution is 0.0496. The Hall–Kier alpha value is -2.33. The molecule has 1 atom stereocenters. The molecule has 0 spiro atoms. The number of nitrogens with one attached hydrogen (secondary N) is 1. The molecule has 10 heteroatoms. The van der Waals surface area contributed by atoms with E-state index in [2.05, 4.69) is 5.32 Å². The molecule has 0 saturated carbocycles. The van der Waals surface area contributed by atoms with Gasteiger partial charge in [-0.1, -0.05) is 6.07 Å². The molecule has 0 bridgehead atoms. The molecule has 2 amide bonds. The standard InChI is InChI=1S/C15H20BFN2O6/c1-15(2,3)25-13(20)18-7-10-8-19(14(21)24-10)9-4-5-11(16(22)23)12(17)6-9/h4-6,10,22-23H,7-8H2,1-3H3,(H,18,20)/t10-/m0/s1. The number of anilines is 1. The fourth-order valence-corrected chi connectivity index (χ4v) is 2.24. The van der Waals surface area contributed by atoms with Crippen LogP contribution in [-0.2, 0) is 9.47 Å². The Balaban J connectivity index is 1.96. The molecular weight excluding hydrogens is 334 g/mol. The van der Waals surface area contributed by atoms with Crippen LogP contribution in [0.4, 0.5) is 19.7 Å². The summed E-state index contributed by atoms with van der Waals surface area (Å²) in [7, 11) is -1.94. The van der Waals surface area contributed by atoms with E-state index in [0.717, 1.165) is 6.07 Å². The van der Waals surface area contributed by atoms with Crippen molar-refractivity contribution in [1.29, 1.82) is 0 Å². The normalized spacial score (nSPS) is 17.3. The molecule has 0 unspecified atom stereocenters. The van der Waals surface area contributed by atoms with Gasteiger partial charge in [0.15, 0.2) is 0 Å². The third-order valence-corrected chi connectivity index (χ3v) is 3.32. The Labute approximate surface area is 144 Å². The van der Waals surface area contributed by atoms with Crippen molar-refractivity contribution in [2.45, 2.75) is 32.5 Å². The first-order valence-electron chi connectivity index (χ1n) is 7.67. The number of amides is 2. The number of carbonyl (C=O) groups is 2. The van der Waals surface area contributed by atoms with Crippen molar-refractivity contribution in [3.8, 4) is 0 Å². The molecule has 25 heavy (non-hydrogen) atoms. The smallest absolute Gasteiger partial charge is 0.444 e. The predicted molar refractivity (Wildman–Crippen MR) is 88.1 cm³/mol. The summed E-state index contributed by atoms with van der Waals surface area (Å²) in [6, 6.07) is 3.57. The zero-order valence-electron chi connectivity index (χ0n) is 14.2. The monoisotopic (exact) mass is 354 g/mol. The average Bonchev–Trinajstić information content (AvgIpc) is 2.84. The molecule has 0 aromatic heterocycles. The van der Waals surface area contributed by atoms with E-state index < -0.39 is 36.8 Å². The van der Waals surface area contributed by atoms with Crippen LogP contribution < -0.4 is 15.7 Å². The van der Waals surface area contributed by atoms with Gasteiger partial charge in [0.25, 0.3) is 0 Å². The molecule has 0 radical (unpaired) electrons. The lowest BCUT2D eigenvalue weighted by atomic mass is 9.80. The van der Waals surface area contributed by atoms with E-state index in [1.807, 2.05) is 0 Å². The number of alkyl carbamates (subject to hydrolysis) is 1. The van der Waals surface area contributed by atoms with Crippen molar-refractivity contribution >= 4 is 30.5 Å². The van der Waals surface area contributed by atoms with Crippen LogP contribution in [0.1, 0.15) is 20.8 Å². The molecule has 1 aliphatic rings. The highest BCUT2D eigenvalue weighted by Crippen LogP contribution is 2.21. The van der Waals surface area contributed by atoms with Gasteiger partial charge in [-0.3, -0.25) is 4.90 Å². The van der Waals surface area contributed by atoms with Crippen LogP contribution in [0.3, 0.4) is 0 Å². The third kappa shape index (κ3) is 5.07. The number of carbonyl (C=O) groups excluding carboxylic acids is 2. The van der Waals surface area contributed by atoms with E-state index in [9.17, 15) is 14.0 Å². The van der Waals surface area contributed by atoms with E-state index in [1.54, 1.807) is 20.8 Å². The highest BCUT2D eigenvalue weighted by molar-refractivity contribution is 6.58. The lowest BCUT2D eigenvalue weighted by Gasteiger charge is -2.20. The van der Waals surface area contributed by atoms with E-state index in [-0.39, 0.29) is 24.2 Å². The van der Waals surface area contributed by atoms with Gasteiger partial charge in [-0.2, -0.15) is 0 Å². The second kappa shape index (κ2) is 7.28. The summed E-state index contributed by atoms with van der Waals surface area (Å²) in [5, 5.41) is 20.5. The quantitative estimate of drug-likeness (QED) is 0.674. The number of cyclic esters (lactones) is 1. The number of ether oxygens (including phenoxy) is 2. The van der Waals surface area contributed by atoms with Crippen molar-refractivity contribution < 1.29 is 33.5 Å². The highest BCUT2D eigenvalue weighted by atomic mass is 19.1. The molecular formula is C15H20BFN2O6. The Morgan fingerprint density at radius 3 is 2.72 bits per heavy atom. The molecule has 8 nitrogen and oxygen atoms in total. The first kappa shape index (κ1) is 19.0. The zero-order chi connectivity index (χ0) is 18.8. The zero-order valence-corrected chi connectivity index (χ0v) is 14.2. The maximum absolute atomic E-state index is 13.8.